The lowest BCUT2D eigenvalue weighted by molar-refractivity contribution is 0.304. The Morgan fingerprint density at radius 3 is 1.44 bits per heavy atom. The van der Waals surface area contributed by atoms with Crippen molar-refractivity contribution in [1.29, 1.82) is 0 Å². The molecule has 0 bridgehead atoms. The van der Waals surface area contributed by atoms with Gasteiger partial charge in [-0.3, -0.25) is 0 Å². The highest BCUT2D eigenvalue weighted by Gasteiger charge is 2.01. The average Bonchev–Trinajstić information content (AvgIpc) is 2.65. The molecule has 0 fully saturated rings. The summed E-state index contributed by atoms with van der Waals surface area (Å²) in [5.74, 6) is 12.9. The summed E-state index contributed by atoms with van der Waals surface area (Å²) in [6.45, 7) is 0.132. The second kappa shape index (κ2) is 10.8. The lowest BCUT2D eigenvalue weighted by Gasteiger charge is -2.06. The third-order valence-electron chi connectivity index (χ3n) is 3.02. The smallest absolute Gasteiger partial charge is 0.526 e. The van der Waals surface area contributed by atoms with Crippen LogP contribution in [-0.2, 0) is 0 Å². The van der Waals surface area contributed by atoms with Crippen LogP contribution >= 0.6 is 0 Å². The van der Waals surface area contributed by atoms with Gasteiger partial charge in [0.1, 0.15) is 11.5 Å². The van der Waals surface area contributed by atoms with E-state index >= 15 is 0 Å². The lowest BCUT2D eigenvalue weighted by atomic mass is 10.2. The van der Waals surface area contributed by atoms with Gasteiger partial charge in [-0.2, -0.15) is 0 Å². The normalized spacial score (nSPS) is 9.20. The summed E-state index contributed by atoms with van der Waals surface area (Å²) < 4.78 is 10.8. The zero-order valence-corrected chi connectivity index (χ0v) is 13.7. The minimum atomic E-state index is 0.0662. The van der Waals surface area contributed by atoms with Crippen LogP contribution in [0.1, 0.15) is 24.0 Å². The minimum Gasteiger partial charge on any atom is -0.526 e. The molecule has 2 aromatic rings. The average molecular weight is 333 g/mol. The van der Waals surface area contributed by atoms with Crippen molar-refractivity contribution in [2.45, 2.75) is 12.8 Å². The standard InChI is InChI=1S/C20H18BO4/c22-15-3-1-5-17-7-11-19(12-8-17)24-21-25-20-13-9-18(10-14-20)6-2-4-16-23/h7-14,22-23H,3-4,15-16H2. The van der Waals surface area contributed by atoms with Crippen molar-refractivity contribution in [2.24, 2.45) is 0 Å². The first-order chi connectivity index (χ1) is 12.3. The number of aliphatic hydroxyl groups is 2. The molecule has 0 heterocycles. The van der Waals surface area contributed by atoms with Crippen LogP contribution in [-0.4, -0.2) is 31.1 Å². The lowest BCUT2D eigenvalue weighted by Crippen LogP contribution is -2.10. The maximum Gasteiger partial charge on any atom is 0.658 e. The molecular weight excluding hydrogens is 315 g/mol. The van der Waals surface area contributed by atoms with Crippen LogP contribution in [0.2, 0.25) is 0 Å². The van der Waals surface area contributed by atoms with Crippen molar-refractivity contribution in [3.8, 4) is 35.2 Å². The molecule has 0 atom stereocenters. The van der Waals surface area contributed by atoms with Crippen molar-refractivity contribution in [3.05, 3.63) is 59.7 Å². The number of rotatable bonds is 6. The molecule has 25 heavy (non-hydrogen) atoms. The van der Waals surface area contributed by atoms with Crippen LogP contribution in [0.3, 0.4) is 0 Å². The third-order valence-corrected chi connectivity index (χ3v) is 3.02. The van der Waals surface area contributed by atoms with E-state index < -0.39 is 0 Å². The Kier molecular flexibility index (Phi) is 8.01. The van der Waals surface area contributed by atoms with Gasteiger partial charge in [-0.15, -0.1) is 0 Å². The molecule has 0 aliphatic carbocycles. The van der Waals surface area contributed by atoms with E-state index in [9.17, 15) is 0 Å². The fourth-order valence-electron chi connectivity index (χ4n) is 1.81. The predicted octanol–water partition coefficient (Wildman–Crippen LogP) is 2.15. The maximum absolute atomic E-state index is 8.69. The largest absolute Gasteiger partial charge is 0.658 e. The van der Waals surface area contributed by atoms with Crippen LogP contribution in [0, 0.1) is 23.7 Å². The highest BCUT2D eigenvalue weighted by atomic mass is 16.6. The molecule has 2 N–H and O–H groups in total. The van der Waals surface area contributed by atoms with Gasteiger partial charge in [0.15, 0.2) is 0 Å². The van der Waals surface area contributed by atoms with Gasteiger partial charge in [-0.05, 0) is 48.5 Å². The van der Waals surface area contributed by atoms with Gasteiger partial charge >= 0.3 is 7.69 Å². The summed E-state index contributed by atoms with van der Waals surface area (Å²) in [5.41, 5.74) is 1.72. The van der Waals surface area contributed by atoms with Gasteiger partial charge in [0, 0.05) is 24.0 Å². The fraction of sp³-hybridized carbons (Fsp3) is 0.200. The summed E-state index contributed by atoms with van der Waals surface area (Å²) in [4.78, 5) is 0. The third kappa shape index (κ3) is 7.05. The molecule has 0 saturated carbocycles. The molecular formula is C20H18BO4. The highest BCUT2D eigenvalue weighted by molar-refractivity contribution is 6.20. The first-order valence-electron chi connectivity index (χ1n) is 7.86. The molecule has 4 nitrogen and oxygen atoms in total. The maximum atomic E-state index is 8.69. The van der Waals surface area contributed by atoms with Gasteiger partial charge in [0.2, 0.25) is 0 Å². The number of aliphatic hydroxyl groups excluding tert-OH is 2. The van der Waals surface area contributed by atoms with Crippen molar-refractivity contribution in [1.82, 2.24) is 0 Å². The van der Waals surface area contributed by atoms with Gasteiger partial charge in [-0.25, -0.2) is 0 Å². The van der Waals surface area contributed by atoms with E-state index in [2.05, 4.69) is 23.7 Å². The molecule has 125 valence electrons. The quantitative estimate of drug-likeness (QED) is 0.628. The van der Waals surface area contributed by atoms with Gasteiger partial charge in [0.05, 0.1) is 13.2 Å². The Labute approximate surface area is 148 Å². The molecule has 1 radical (unpaired) electrons. The minimum absolute atomic E-state index is 0.0662. The number of hydrogen-bond donors (Lipinski definition) is 2. The van der Waals surface area contributed by atoms with E-state index in [1.807, 2.05) is 24.3 Å². The van der Waals surface area contributed by atoms with E-state index in [-0.39, 0.29) is 13.2 Å². The molecule has 5 heteroatoms. The summed E-state index contributed by atoms with van der Waals surface area (Å²) in [7, 11) is 1.26. The molecule has 0 aliphatic rings. The molecule has 2 aromatic carbocycles. The van der Waals surface area contributed by atoms with Crippen molar-refractivity contribution in [3.63, 3.8) is 0 Å². The van der Waals surface area contributed by atoms with E-state index in [0.29, 0.717) is 24.3 Å². The Bertz CT molecular complexity index is 694. The van der Waals surface area contributed by atoms with Crippen molar-refractivity contribution < 1.29 is 19.5 Å². The number of hydrogen-bond acceptors (Lipinski definition) is 4. The monoisotopic (exact) mass is 333 g/mol. The molecule has 0 unspecified atom stereocenters. The Morgan fingerprint density at radius 1 is 0.680 bits per heavy atom. The second-order valence-corrected chi connectivity index (χ2v) is 4.93. The zero-order valence-electron chi connectivity index (χ0n) is 13.7. The molecule has 0 spiro atoms. The summed E-state index contributed by atoms with van der Waals surface area (Å²) >= 11 is 0. The van der Waals surface area contributed by atoms with Crippen molar-refractivity contribution in [2.75, 3.05) is 13.2 Å². The Hall–Kier alpha value is -2.86. The summed E-state index contributed by atoms with van der Waals surface area (Å²) in [6.07, 6.45) is 0.928. The zero-order chi connectivity index (χ0) is 17.7. The summed E-state index contributed by atoms with van der Waals surface area (Å²) in [6, 6.07) is 14.5. The Morgan fingerprint density at radius 2 is 1.08 bits per heavy atom. The van der Waals surface area contributed by atoms with E-state index in [4.69, 9.17) is 19.5 Å². The Balaban J connectivity index is 1.79. The second-order valence-electron chi connectivity index (χ2n) is 4.93. The van der Waals surface area contributed by atoms with Crippen molar-refractivity contribution >= 4 is 7.69 Å². The molecule has 0 amide bonds. The van der Waals surface area contributed by atoms with E-state index in [0.717, 1.165) is 11.1 Å². The van der Waals surface area contributed by atoms with E-state index in [1.165, 1.54) is 7.69 Å². The van der Waals surface area contributed by atoms with Crippen LogP contribution in [0.15, 0.2) is 48.5 Å². The first-order valence-corrected chi connectivity index (χ1v) is 7.86. The van der Waals surface area contributed by atoms with E-state index in [1.54, 1.807) is 24.3 Å². The summed E-state index contributed by atoms with van der Waals surface area (Å²) in [5, 5.41) is 17.4. The van der Waals surface area contributed by atoms with Crippen LogP contribution in [0.4, 0.5) is 0 Å². The molecule has 0 aromatic heterocycles. The van der Waals surface area contributed by atoms with Gasteiger partial charge in [0.25, 0.3) is 0 Å². The first kappa shape index (κ1) is 18.5. The van der Waals surface area contributed by atoms with Crippen LogP contribution in [0.25, 0.3) is 0 Å². The predicted molar refractivity (Wildman–Crippen MR) is 97.1 cm³/mol. The SMILES string of the molecule is OCCC#Cc1ccc(O[B]Oc2ccc(C#CCCO)cc2)cc1. The fourth-order valence-corrected chi connectivity index (χ4v) is 1.81. The van der Waals surface area contributed by atoms with Crippen LogP contribution in [0.5, 0.6) is 11.5 Å². The topological polar surface area (TPSA) is 58.9 Å². The van der Waals surface area contributed by atoms with Gasteiger partial charge in [-0.1, -0.05) is 23.7 Å². The number of benzene rings is 2. The highest BCUT2D eigenvalue weighted by Crippen LogP contribution is 2.14. The molecule has 2 rings (SSSR count). The molecule has 0 aliphatic heterocycles. The van der Waals surface area contributed by atoms with Gasteiger partial charge < -0.3 is 19.5 Å². The molecule has 0 saturated heterocycles. The van der Waals surface area contributed by atoms with Crippen LogP contribution < -0.4 is 9.31 Å².